The van der Waals surface area contributed by atoms with Gasteiger partial charge in [-0.2, -0.15) is 18.4 Å². The number of nitrogens with one attached hydrogen (secondary N) is 1. The van der Waals surface area contributed by atoms with Crippen molar-refractivity contribution in [3.63, 3.8) is 0 Å². The van der Waals surface area contributed by atoms with Crippen LogP contribution in [0.3, 0.4) is 0 Å². The van der Waals surface area contributed by atoms with E-state index in [2.05, 4.69) is 5.32 Å². The molecule has 0 radical (unpaired) electrons. The molecule has 1 rings (SSSR count). The lowest BCUT2D eigenvalue weighted by atomic mass is 10.1. The number of benzene rings is 1. The summed E-state index contributed by atoms with van der Waals surface area (Å²) in [5, 5.41) is 20.2. The topological polar surface area (TPSA) is 56.0 Å². The zero-order valence-electron chi connectivity index (χ0n) is 10.5. The number of halogens is 3. The Morgan fingerprint density at radius 1 is 1.42 bits per heavy atom. The van der Waals surface area contributed by atoms with Crippen LogP contribution in [0.15, 0.2) is 18.2 Å². The minimum atomic E-state index is -4.47. The largest absolute Gasteiger partial charge is 0.418 e. The summed E-state index contributed by atoms with van der Waals surface area (Å²) in [5.74, 6) is 0. The average molecular weight is 272 g/mol. The molecule has 2 N–H and O–H groups in total. The van der Waals surface area contributed by atoms with Gasteiger partial charge in [-0.1, -0.05) is 0 Å². The van der Waals surface area contributed by atoms with Gasteiger partial charge in [-0.25, -0.2) is 0 Å². The minimum absolute atomic E-state index is 0.00359. The predicted molar refractivity (Wildman–Crippen MR) is 65.6 cm³/mol. The van der Waals surface area contributed by atoms with Gasteiger partial charge in [-0.15, -0.1) is 0 Å². The van der Waals surface area contributed by atoms with Gasteiger partial charge in [0.1, 0.15) is 0 Å². The van der Waals surface area contributed by atoms with Crippen molar-refractivity contribution in [3.8, 4) is 6.07 Å². The zero-order chi connectivity index (χ0) is 14.5. The molecule has 6 heteroatoms. The quantitative estimate of drug-likeness (QED) is 0.865. The Morgan fingerprint density at radius 2 is 2.11 bits per heavy atom. The number of anilines is 1. The van der Waals surface area contributed by atoms with Gasteiger partial charge in [0.25, 0.3) is 0 Å². The van der Waals surface area contributed by atoms with Crippen molar-refractivity contribution in [3.05, 3.63) is 29.3 Å². The lowest BCUT2D eigenvalue weighted by Crippen LogP contribution is -2.19. The van der Waals surface area contributed by atoms with Crippen molar-refractivity contribution < 1.29 is 18.3 Å². The van der Waals surface area contributed by atoms with Crippen LogP contribution in [-0.4, -0.2) is 17.8 Å². The van der Waals surface area contributed by atoms with Crippen LogP contribution in [0, 0.1) is 11.3 Å². The molecule has 0 saturated carbocycles. The van der Waals surface area contributed by atoms with Crippen LogP contribution in [-0.2, 0) is 6.18 Å². The maximum atomic E-state index is 12.8. The lowest BCUT2D eigenvalue weighted by Gasteiger charge is -2.19. The second-order valence-electron chi connectivity index (χ2n) is 4.28. The molecule has 0 aliphatic rings. The fourth-order valence-electron chi connectivity index (χ4n) is 1.72. The molecule has 3 nitrogen and oxygen atoms in total. The van der Waals surface area contributed by atoms with E-state index < -0.39 is 11.7 Å². The highest BCUT2D eigenvalue weighted by atomic mass is 19.4. The molecule has 1 unspecified atom stereocenters. The van der Waals surface area contributed by atoms with Gasteiger partial charge in [-0.05, 0) is 38.0 Å². The van der Waals surface area contributed by atoms with E-state index in [1.54, 1.807) is 6.92 Å². The number of nitriles is 1. The number of nitrogens with zero attached hydrogens (tertiary/aromatic N) is 1. The molecule has 1 atom stereocenters. The molecular formula is C13H15F3N2O. The van der Waals surface area contributed by atoms with Gasteiger partial charge in [0.05, 0.1) is 17.2 Å². The number of alkyl halides is 3. The first-order valence-electron chi connectivity index (χ1n) is 5.87. The van der Waals surface area contributed by atoms with Crippen molar-refractivity contribution in [2.24, 2.45) is 0 Å². The minimum Gasteiger partial charge on any atom is -0.396 e. The summed E-state index contributed by atoms with van der Waals surface area (Å²) in [5.41, 5.74) is -0.718. The van der Waals surface area contributed by atoms with E-state index in [1.807, 2.05) is 6.07 Å². The molecule has 0 heterocycles. The summed E-state index contributed by atoms with van der Waals surface area (Å²) < 4.78 is 38.5. The first-order chi connectivity index (χ1) is 8.88. The molecule has 1 aromatic carbocycles. The Balaban J connectivity index is 2.99. The van der Waals surface area contributed by atoms with Gasteiger partial charge in [0.15, 0.2) is 0 Å². The highest BCUT2D eigenvalue weighted by Crippen LogP contribution is 2.35. The van der Waals surface area contributed by atoms with E-state index >= 15 is 0 Å². The number of rotatable bonds is 5. The molecule has 0 saturated heterocycles. The number of hydrogen-bond acceptors (Lipinski definition) is 3. The highest BCUT2D eigenvalue weighted by Gasteiger charge is 2.33. The number of hydrogen-bond donors (Lipinski definition) is 2. The third-order valence-corrected chi connectivity index (χ3v) is 2.65. The maximum Gasteiger partial charge on any atom is 0.418 e. The van der Waals surface area contributed by atoms with Crippen LogP contribution in [0.25, 0.3) is 0 Å². The molecular weight excluding hydrogens is 257 g/mol. The van der Waals surface area contributed by atoms with Crippen molar-refractivity contribution in [1.82, 2.24) is 0 Å². The van der Waals surface area contributed by atoms with E-state index in [0.29, 0.717) is 12.8 Å². The summed E-state index contributed by atoms with van der Waals surface area (Å²) >= 11 is 0. The summed E-state index contributed by atoms with van der Waals surface area (Å²) in [6.07, 6.45) is -3.41. The molecule has 0 aliphatic heterocycles. The van der Waals surface area contributed by atoms with Crippen LogP contribution in [0.5, 0.6) is 0 Å². The van der Waals surface area contributed by atoms with Crippen LogP contribution >= 0.6 is 0 Å². The van der Waals surface area contributed by atoms with Crippen molar-refractivity contribution in [2.45, 2.75) is 32.0 Å². The normalized spacial score (nSPS) is 12.8. The molecule has 0 fully saturated rings. The highest BCUT2D eigenvalue weighted by molar-refractivity contribution is 5.57. The Bertz CT molecular complexity index is 466. The molecule has 0 aromatic heterocycles. The standard InChI is InChI=1S/C13H15F3N2O/c1-9(3-2-6-19)18-12-7-10(8-17)4-5-11(12)13(14,15)16/h4-5,7,9,18-19H,2-3,6H2,1H3. The van der Waals surface area contributed by atoms with Crippen LogP contribution in [0.4, 0.5) is 18.9 Å². The fraction of sp³-hybridized carbons (Fsp3) is 0.462. The monoisotopic (exact) mass is 272 g/mol. The van der Waals surface area contributed by atoms with E-state index in [9.17, 15) is 13.2 Å². The fourth-order valence-corrected chi connectivity index (χ4v) is 1.72. The molecule has 1 aromatic rings. The van der Waals surface area contributed by atoms with Gasteiger partial charge >= 0.3 is 6.18 Å². The first-order valence-corrected chi connectivity index (χ1v) is 5.87. The van der Waals surface area contributed by atoms with Crippen molar-refractivity contribution in [1.29, 1.82) is 5.26 Å². The van der Waals surface area contributed by atoms with Gasteiger partial charge in [0, 0.05) is 18.3 Å². The molecule has 0 aliphatic carbocycles. The summed E-state index contributed by atoms with van der Waals surface area (Å²) in [6.45, 7) is 1.73. The van der Waals surface area contributed by atoms with E-state index in [-0.39, 0.29) is 23.9 Å². The Labute approximate surface area is 109 Å². The lowest BCUT2D eigenvalue weighted by molar-refractivity contribution is -0.137. The summed E-state index contributed by atoms with van der Waals surface area (Å²) in [7, 11) is 0. The molecule has 104 valence electrons. The van der Waals surface area contributed by atoms with Crippen LogP contribution < -0.4 is 5.32 Å². The second-order valence-corrected chi connectivity index (χ2v) is 4.28. The Kier molecular flexibility index (Phi) is 5.19. The molecule has 0 bridgehead atoms. The Morgan fingerprint density at radius 3 is 2.63 bits per heavy atom. The first kappa shape index (κ1) is 15.3. The van der Waals surface area contributed by atoms with Crippen molar-refractivity contribution >= 4 is 5.69 Å². The molecule has 0 amide bonds. The average Bonchev–Trinajstić information content (AvgIpc) is 2.34. The smallest absolute Gasteiger partial charge is 0.396 e. The summed E-state index contributed by atoms with van der Waals surface area (Å²) in [6, 6.07) is 4.84. The summed E-state index contributed by atoms with van der Waals surface area (Å²) in [4.78, 5) is 0. The number of aliphatic hydroxyl groups is 1. The Hall–Kier alpha value is -1.74. The van der Waals surface area contributed by atoms with Crippen LogP contribution in [0.1, 0.15) is 30.9 Å². The van der Waals surface area contributed by atoms with Crippen LogP contribution in [0.2, 0.25) is 0 Å². The second kappa shape index (κ2) is 6.43. The van der Waals surface area contributed by atoms with Gasteiger partial charge < -0.3 is 10.4 Å². The maximum absolute atomic E-state index is 12.8. The van der Waals surface area contributed by atoms with E-state index in [0.717, 1.165) is 12.1 Å². The van der Waals surface area contributed by atoms with Gasteiger partial charge in [-0.3, -0.25) is 0 Å². The van der Waals surface area contributed by atoms with E-state index in [4.69, 9.17) is 10.4 Å². The van der Waals surface area contributed by atoms with Crippen molar-refractivity contribution in [2.75, 3.05) is 11.9 Å². The van der Waals surface area contributed by atoms with Gasteiger partial charge in [0.2, 0.25) is 0 Å². The number of aliphatic hydroxyl groups excluding tert-OH is 1. The third kappa shape index (κ3) is 4.45. The molecule has 0 spiro atoms. The SMILES string of the molecule is CC(CCCO)Nc1cc(C#N)ccc1C(F)(F)F. The zero-order valence-corrected chi connectivity index (χ0v) is 10.5. The van der Waals surface area contributed by atoms with E-state index in [1.165, 1.54) is 6.07 Å². The predicted octanol–water partition coefficient (Wildman–Crippen LogP) is 3.15. The third-order valence-electron chi connectivity index (χ3n) is 2.65. The molecule has 19 heavy (non-hydrogen) atoms.